The minimum atomic E-state index is -0.707. The fourth-order valence-corrected chi connectivity index (χ4v) is 2.24. The van der Waals surface area contributed by atoms with Crippen molar-refractivity contribution >= 4 is 23.3 Å². The quantitative estimate of drug-likeness (QED) is 0.831. The second kappa shape index (κ2) is 8.04. The van der Waals surface area contributed by atoms with E-state index < -0.39 is 12.0 Å². The molecule has 2 amide bonds. The first-order valence-electron chi connectivity index (χ1n) is 6.67. The summed E-state index contributed by atoms with van der Waals surface area (Å²) in [5, 5.41) is 1.98. The number of thiophene rings is 1. The van der Waals surface area contributed by atoms with Crippen LogP contribution in [0.5, 0.6) is 5.75 Å². The van der Waals surface area contributed by atoms with Crippen LogP contribution in [0.2, 0.25) is 0 Å². The number of nitrogens with one attached hydrogen (secondary N) is 2. The van der Waals surface area contributed by atoms with E-state index in [1.54, 1.807) is 42.5 Å². The summed E-state index contributed by atoms with van der Waals surface area (Å²) in [6, 6.07) is 10.6. The summed E-state index contributed by atoms with van der Waals surface area (Å²) in [4.78, 5) is 24.1. The SMILES string of the molecule is CCOC(=O)NNC(=O)c1cccc(OCc2cccs2)c1. The van der Waals surface area contributed by atoms with E-state index in [1.165, 1.54) is 0 Å². The minimum Gasteiger partial charge on any atom is -0.488 e. The summed E-state index contributed by atoms with van der Waals surface area (Å²) < 4.78 is 10.3. The molecule has 0 saturated carbocycles. The van der Waals surface area contributed by atoms with Crippen molar-refractivity contribution in [2.24, 2.45) is 0 Å². The Morgan fingerprint density at radius 2 is 2.05 bits per heavy atom. The van der Waals surface area contributed by atoms with Crippen molar-refractivity contribution in [2.45, 2.75) is 13.5 Å². The number of benzene rings is 1. The van der Waals surface area contributed by atoms with E-state index in [0.717, 1.165) is 4.88 Å². The van der Waals surface area contributed by atoms with Gasteiger partial charge in [-0.2, -0.15) is 0 Å². The Kier molecular flexibility index (Phi) is 5.79. The topological polar surface area (TPSA) is 76.7 Å². The number of hydrogen-bond donors (Lipinski definition) is 2. The van der Waals surface area contributed by atoms with Gasteiger partial charge in [0.15, 0.2) is 0 Å². The van der Waals surface area contributed by atoms with Gasteiger partial charge in [0.05, 0.1) is 6.61 Å². The first-order valence-corrected chi connectivity index (χ1v) is 7.55. The zero-order valence-electron chi connectivity index (χ0n) is 12.0. The van der Waals surface area contributed by atoms with Gasteiger partial charge >= 0.3 is 6.09 Å². The van der Waals surface area contributed by atoms with E-state index in [2.05, 4.69) is 15.6 Å². The average molecular weight is 320 g/mol. The molecule has 0 atom stereocenters. The summed E-state index contributed by atoms with van der Waals surface area (Å²) in [6.07, 6.45) is -0.707. The Morgan fingerprint density at radius 3 is 2.77 bits per heavy atom. The van der Waals surface area contributed by atoms with Gasteiger partial charge in [-0.15, -0.1) is 11.3 Å². The molecular formula is C15H16N2O4S. The molecule has 0 unspecified atom stereocenters. The lowest BCUT2D eigenvalue weighted by Crippen LogP contribution is -2.41. The van der Waals surface area contributed by atoms with E-state index in [9.17, 15) is 9.59 Å². The Balaban J connectivity index is 1.89. The number of carbonyl (C=O) groups is 2. The van der Waals surface area contributed by atoms with Crippen LogP contribution in [0.1, 0.15) is 22.2 Å². The van der Waals surface area contributed by atoms with Gasteiger partial charge < -0.3 is 9.47 Å². The molecule has 0 aliphatic rings. The van der Waals surface area contributed by atoms with Crippen LogP contribution >= 0.6 is 11.3 Å². The number of amides is 2. The Morgan fingerprint density at radius 1 is 1.18 bits per heavy atom. The summed E-state index contributed by atoms with van der Waals surface area (Å²) in [6.45, 7) is 2.35. The van der Waals surface area contributed by atoms with Crippen molar-refractivity contribution in [3.8, 4) is 5.75 Å². The Hall–Kier alpha value is -2.54. The molecule has 1 aromatic heterocycles. The highest BCUT2D eigenvalue weighted by Crippen LogP contribution is 2.17. The molecule has 22 heavy (non-hydrogen) atoms. The van der Waals surface area contributed by atoms with Gasteiger partial charge in [-0.25, -0.2) is 10.2 Å². The number of rotatable bonds is 5. The zero-order chi connectivity index (χ0) is 15.8. The van der Waals surface area contributed by atoms with Gasteiger partial charge in [0.25, 0.3) is 5.91 Å². The summed E-state index contributed by atoms with van der Waals surface area (Å²) in [5.74, 6) is 0.131. The number of hydrazine groups is 1. The molecule has 1 aromatic carbocycles. The highest BCUT2D eigenvalue weighted by Gasteiger charge is 2.08. The van der Waals surface area contributed by atoms with Crippen molar-refractivity contribution in [1.82, 2.24) is 10.9 Å². The lowest BCUT2D eigenvalue weighted by Gasteiger charge is -2.09. The van der Waals surface area contributed by atoms with Crippen LogP contribution in [0, 0.1) is 0 Å². The third-order valence-corrected chi connectivity index (χ3v) is 3.46. The zero-order valence-corrected chi connectivity index (χ0v) is 12.8. The van der Waals surface area contributed by atoms with Crippen LogP contribution in [-0.2, 0) is 11.3 Å². The molecule has 0 spiro atoms. The van der Waals surface area contributed by atoms with Crippen molar-refractivity contribution in [2.75, 3.05) is 6.61 Å². The normalized spacial score (nSPS) is 9.86. The van der Waals surface area contributed by atoms with E-state index in [1.807, 2.05) is 17.5 Å². The van der Waals surface area contributed by atoms with Crippen molar-refractivity contribution in [1.29, 1.82) is 0 Å². The molecule has 0 radical (unpaired) electrons. The van der Waals surface area contributed by atoms with Crippen LogP contribution in [0.3, 0.4) is 0 Å². The van der Waals surface area contributed by atoms with Crippen LogP contribution < -0.4 is 15.6 Å². The first-order chi connectivity index (χ1) is 10.7. The van der Waals surface area contributed by atoms with Gasteiger partial charge in [0, 0.05) is 10.4 Å². The van der Waals surface area contributed by atoms with Crippen LogP contribution in [0.25, 0.3) is 0 Å². The molecule has 0 aliphatic carbocycles. The van der Waals surface area contributed by atoms with Crippen molar-refractivity contribution in [3.05, 3.63) is 52.2 Å². The second-order valence-corrected chi connectivity index (χ2v) is 5.23. The predicted molar refractivity (Wildman–Crippen MR) is 82.7 cm³/mol. The van der Waals surface area contributed by atoms with Crippen molar-refractivity contribution in [3.63, 3.8) is 0 Å². The van der Waals surface area contributed by atoms with Crippen LogP contribution in [-0.4, -0.2) is 18.6 Å². The molecular weight excluding hydrogens is 304 g/mol. The highest BCUT2D eigenvalue weighted by molar-refractivity contribution is 7.09. The maximum absolute atomic E-state index is 11.9. The molecule has 0 aliphatic heterocycles. The standard InChI is InChI=1S/C15H16N2O4S/c1-2-20-15(19)17-16-14(18)11-5-3-6-12(9-11)21-10-13-7-4-8-22-13/h3-9H,2,10H2,1H3,(H,16,18)(H,17,19). The predicted octanol–water partition coefficient (Wildman–Crippen LogP) is 2.72. The molecule has 7 heteroatoms. The van der Waals surface area contributed by atoms with Crippen LogP contribution in [0.4, 0.5) is 4.79 Å². The number of ether oxygens (including phenoxy) is 2. The number of carbonyl (C=O) groups excluding carboxylic acids is 2. The molecule has 116 valence electrons. The molecule has 2 rings (SSSR count). The molecule has 6 nitrogen and oxygen atoms in total. The fraction of sp³-hybridized carbons (Fsp3) is 0.200. The molecule has 0 fully saturated rings. The van der Waals surface area contributed by atoms with Gasteiger partial charge in [-0.05, 0) is 36.6 Å². The van der Waals surface area contributed by atoms with Gasteiger partial charge in [0.1, 0.15) is 12.4 Å². The van der Waals surface area contributed by atoms with Gasteiger partial charge in [-0.1, -0.05) is 12.1 Å². The summed E-state index contributed by atoms with van der Waals surface area (Å²) in [5.41, 5.74) is 4.79. The van der Waals surface area contributed by atoms with Gasteiger partial charge in [-0.3, -0.25) is 10.2 Å². The largest absolute Gasteiger partial charge is 0.488 e. The third-order valence-electron chi connectivity index (χ3n) is 2.61. The first kappa shape index (κ1) is 15.8. The molecule has 2 N–H and O–H groups in total. The van der Waals surface area contributed by atoms with E-state index in [-0.39, 0.29) is 6.61 Å². The Bertz CT molecular complexity index is 628. The highest BCUT2D eigenvalue weighted by atomic mass is 32.1. The van der Waals surface area contributed by atoms with Gasteiger partial charge in [0.2, 0.25) is 0 Å². The summed E-state index contributed by atoms with van der Waals surface area (Å²) in [7, 11) is 0. The molecule has 0 bridgehead atoms. The molecule has 1 heterocycles. The second-order valence-electron chi connectivity index (χ2n) is 4.20. The maximum atomic E-state index is 11.9. The molecule has 2 aromatic rings. The van der Waals surface area contributed by atoms with E-state index >= 15 is 0 Å². The Labute approximate surface area is 132 Å². The van der Waals surface area contributed by atoms with Crippen molar-refractivity contribution < 1.29 is 19.1 Å². The summed E-state index contributed by atoms with van der Waals surface area (Å²) >= 11 is 1.60. The smallest absolute Gasteiger partial charge is 0.426 e. The molecule has 0 saturated heterocycles. The number of hydrogen-bond acceptors (Lipinski definition) is 5. The van der Waals surface area contributed by atoms with E-state index in [0.29, 0.717) is 17.9 Å². The lowest BCUT2D eigenvalue weighted by molar-refractivity contribution is 0.0912. The van der Waals surface area contributed by atoms with E-state index in [4.69, 9.17) is 4.74 Å². The lowest BCUT2D eigenvalue weighted by atomic mass is 10.2. The third kappa shape index (κ3) is 4.78. The monoisotopic (exact) mass is 320 g/mol. The van der Waals surface area contributed by atoms with Crippen LogP contribution in [0.15, 0.2) is 41.8 Å². The minimum absolute atomic E-state index is 0.230. The fourth-order valence-electron chi connectivity index (χ4n) is 1.62. The average Bonchev–Trinajstić information content (AvgIpc) is 3.04. The maximum Gasteiger partial charge on any atom is 0.426 e.